The third kappa shape index (κ3) is 5.54. The van der Waals surface area contributed by atoms with E-state index in [-0.39, 0.29) is 24.5 Å². The number of hydrogen-bond donors (Lipinski definition) is 2. The van der Waals surface area contributed by atoms with Gasteiger partial charge >= 0.3 is 0 Å². The second-order valence-electron chi connectivity index (χ2n) is 5.82. The van der Waals surface area contributed by atoms with E-state index in [1.165, 1.54) is 5.56 Å². The van der Waals surface area contributed by atoms with E-state index >= 15 is 0 Å². The average molecular weight is 324 g/mol. The number of hydrogen-bond acceptors (Lipinski definition) is 3. The van der Waals surface area contributed by atoms with Crippen molar-refractivity contribution in [1.29, 1.82) is 0 Å². The highest BCUT2D eigenvalue weighted by molar-refractivity contribution is 5.97. The standard InChI is InChI=1S/C20H24N2O2/c1-2-15-3-7-17(8-4-15)19(23)11-12-20(24)22-14-13-16-5-9-18(21)10-6-16/h3-10H,2,11-14,21H2,1H3,(H,22,24). The third-order valence-corrected chi connectivity index (χ3v) is 3.98. The zero-order chi connectivity index (χ0) is 17.4. The lowest BCUT2D eigenvalue weighted by Gasteiger charge is -2.06. The first-order valence-corrected chi connectivity index (χ1v) is 8.31. The molecule has 1 amide bonds. The predicted octanol–water partition coefficient (Wildman–Crippen LogP) is 3.15. The molecule has 3 N–H and O–H groups in total. The molecule has 4 nitrogen and oxygen atoms in total. The second-order valence-corrected chi connectivity index (χ2v) is 5.82. The maximum atomic E-state index is 12.1. The number of carbonyl (C=O) groups excluding carboxylic acids is 2. The third-order valence-electron chi connectivity index (χ3n) is 3.98. The fraction of sp³-hybridized carbons (Fsp3) is 0.300. The van der Waals surface area contributed by atoms with Crippen LogP contribution in [0.1, 0.15) is 41.3 Å². The molecule has 2 aromatic carbocycles. The Bertz CT molecular complexity index is 676. The minimum Gasteiger partial charge on any atom is -0.399 e. The van der Waals surface area contributed by atoms with Gasteiger partial charge in [-0.2, -0.15) is 0 Å². The first-order chi connectivity index (χ1) is 11.6. The number of aryl methyl sites for hydroxylation is 1. The van der Waals surface area contributed by atoms with Gasteiger partial charge in [-0.25, -0.2) is 0 Å². The minimum absolute atomic E-state index is 0.00587. The molecule has 0 aliphatic heterocycles. The highest BCUT2D eigenvalue weighted by Gasteiger charge is 2.09. The molecule has 0 fully saturated rings. The fourth-order valence-electron chi connectivity index (χ4n) is 2.42. The Hall–Kier alpha value is -2.62. The largest absolute Gasteiger partial charge is 0.399 e. The van der Waals surface area contributed by atoms with Gasteiger partial charge in [0.15, 0.2) is 5.78 Å². The van der Waals surface area contributed by atoms with Crippen molar-refractivity contribution in [3.05, 3.63) is 65.2 Å². The SMILES string of the molecule is CCc1ccc(C(=O)CCC(=O)NCCc2ccc(N)cc2)cc1. The van der Waals surface area contributed by atoms with Crippen LogP contribution in [0.25, 0.3) is 0 Å². The molecule has 0 spiro atoms. The molecule has 0 radical (unpaired) electrons. The van der Waals surface area contributed by atoms with Crippen LogP contribution < -0.4 is 11.1 Å². The van der Waals surface area contributed by atoms with Crippen LogP contribution in [0.2, 0.25) is 0 Å². The van der Waals surface area contributed by atoms with Gasteiger partial charge in [-0.1, -0.05) is 43.3 Å². The summed E-state index contributed by atoms with van der Waals surface area (Å²) >= 11 is 0. The molecule has 0 heterocycles. The molecule has 2 rings (SSSR count). The Morgan fingerprint density at radius 1 is 0.917 bits per heavy atom. The number of Topliss-reactive ketones (excluding diaryl/α,β-unsaturated/α-hetero) is 1. The van der Waals surface area contributed by atoms with E-state index in [4.69, 9.17) is 5.73 Å². The number of nitrogens with one attached hydrogen (secondary N) is 1. The van der Waals surface area contributed by atoms with Crippen molar-refractivity contribution < 1.29 is 9.59 Å². The lowest BCUT2D eigenvalue weighted by Crippen LogP contribution is -2.26. The normalized spacial score (nSPS) is 10.4. The van der Waals surface area contributed by atoms with Crippen LogP contribution in [0.5, 0.6) is 0 Å². The van der Waals surface area contributed by atoms with Gasteiger partial charge in [-0.05, 0) is 36.1 Å². The number of ketones is 1. The maximum absolute atomic E-state index is 12.1. The second kappa shape index (κ2) is 8.87. The van der Waals surface area contributed by atoms with E-state index in [9.17, 15) is 9.59 Å². The smallest absolute Gasteiger partial charge is 0.220 e. The molecular weight excluding hydrogens is 300 g/mol. The molecular formula is C20H24N2O2. The first-order valence-electron chi connectivity index (χ1n) is 8.31. The van der Waals surface area contributed by atoms with Gasteiger partial charge in [0.25, 0.3) is 0 Å². The molecule has 0 saturated carbocycles. The summed E-state index contributed by atoms with van der Waals surface area (Å²) in [4.78, 5) is 23.9. The molecule has 0 aromatic heterocycles. The highest BCUT2D eigenvalue weighted by Crippen LogP contribution is 2.09. The molecule has 126 valence electrons. The zero-order valence-electron chi connectivity index (χ0n) is 14.0. The Morgan fingerprint density at radius 2 is 1.54 bits per heavy atom. The van der Waals surface area contributed by atoms with Gasteiger partial charge in [0.05, 0.1) is 0 Å². The Labute approximate surface area is 143 Å². The summed E-state index contributed by atoms with van der Waals surface area (Å²) in [5.41, 5.74) is 9.35. The summed E-state index contributed by atoms with van der Waals surface area (Å²) in [6.07, 6.45) is 2.15. The van der Waals surface area contributed by atoms with Gasteiger partial charge in [0.1, 0.15) is 0 Å². The van der Waals surface area contributed by atoms with Crippen molar-refractivity contribution in [3.8, 4) is 0 Å². The summed E-state index contributed by atoms with van der Waals surface area (Å²) in [7, 11) is 0. The number of carbonyl (C=O) groups is 2. The maximum Gasteiger partial charge on any atom is 0.220 e. The van der Waals surface area contributed by atoms with E-state index < -0.39 is 0 Å². The number of nitrogen functional groups attached to an aromatic ring is 1. The first kappa shape index (κ1) is 17.7. The average Bonchev–Trinajstić information content (AvgIpc) is 2.61. The number of anilines is 1. The van der Waals surface area contributed by atoms with Crippen LogP contribution in [0.4, 0.5) is 5.69 Å². The van der Waals surface area contributed by atoms with Crippen molar-refractivity contribution >= 4 is 17.4 Å². The van der Waals surface area contributed by atoms with Gasteiger partial charge < -0.3 is 11.1 Å². The molecule has 0 aliphatic carbocycles. The van der Waals surface area contributed by atoms with Crippen molar-refractivity contribution in [2.45, 2.75) is 32.6 Å². The number of amides is 1. The Balaban J connectivity index is 1.70. The molecule has 0 aliphatic rings. The summed E-state index contributed by atoms with van der Waals surface area (Å²) in [5.74, 6) is -0.0877. The van der Waals surface area contributed by atoms with Crippen LogP contribution in [-0.4, -0.2) is 18.2 Å². The van der Waals surface area contributed by atoms with Crippen molar-refractivity contribution in [2.75, 3.05) is 12.3 Å². The summed E-state index contributed by atoms with van der Waals surface area (Å²) in [5, 5.41) is 2.85. The van der Waals surface area contributed by atoms with Crippen molar-refractivity contribution in [1.82, 2.24) is 5.32 Å². The summed E-state index contributed by atoms with van der Waals surface area (Å²) in [6.45, 7) is 2.63. The van der Waals surface area contributed by atoms with Crippen LogP contribution in [0.3, 0.4) is 0 Å². The lowest BCUT2D eigenvalue weighted by atomic mass is 10.0. The highest BCUT2D eigenvalue weighted by atomic mass is 16.2. The van der Waals surface area contributed by atoms with Crippen LogP contribution in [0, 0.1) is 0 Å². The van der Waals surface area contributed by atoms with Crippen molar-refractivity contribution in [2.24, 2.45) is 0 Å². The van der Waals surface area contributed by atoms with Gasteiger partial charge in [-0.3, -0.25) is 9.59 Å². The van der Waals surface area contributed by atoms with E-state index in [0.29, 0.717) is 12.1 Å². The van der Waals surface area contributed by atoms with Crippen LogP contribution in [-0.2, 0) is 17.6 Å². The quantitative estimate of drug-likeness (QED) is 0.579. The van der Waals surface area contributed by atoms with Crippen LogP contribution >= 0.6 is 0 Å². The Kier molecular flexibility index (Phi) is 6.55. The number of rotatable bonds is 8. The molecule has 0 atom stereocenters. The summed E-state index contributed by atoms with van der Waals surface area (Å²) in [6, 6.07) is 15.2. The molecule has 2 aromatic rings. The summed E-state index contributed by atoms with van der Waals surface area (Å²) < 4.78 is 0. The van der Waals surface area contributed by atoms with Gasteiger partial charge in [0.2, 0.25) is 5.91 Å². The monoisotopic (exact) mass is 324 g/mol. The molecule has 4 heteroatoms. The van der Waals surface area contributed by atoms with Crippen LogP contribution in [0.15, 0.2) is 48.5 Å². The number of nitrogens with two attached hydrogens (primary N) is 1. The van der Waals surface area contributed by atoms with Gasteiger partial charge in [0, 0.05) is 30.6 Å². The molecule has 0 saturated heterocycles. The molecule has 24 heavy (non-hydrogen) atoms. The van der Waals surface area contributed by atoms with E-state index in [1.807, 2.05) is 48.5 Å². The predicted molar refractivity (Wildman–Crippen MR) is 97.0 cm³/mol. The molecule has 0 unspecified atom stereocenters. The minimum atomic E-state index is -0.0935. The lowest BCUT2D eigenvalue weighted by molar-refractivity contribution is -0.121. The van der Waals surface area contributed by atoms with Crippen molar-refractivity contribution in [3.63, 3.8) is 0 Å². The topological polar surface area (TPSA) is 72.2 Å². The number of benzene rings is 2. The Morgan fingerprint density at radius 3 is 2.17 bits per heavy atom. The van der Waals surface area contributed by atoms with Gasteiger partial charge in [-0.15, -0.1) is 0 Å². The fourth-order valence-corrected chi connectivity index (χ4v) is 2.42. The van der Waals surface area contributed by atoms with E-state index in [2.05, 4.69) is 12.2 Å². The zero-order valence-corrected chi connectivity index (χ0v) is 14.0. The van der Waals surface area contributed by atoms with E-state index in [1.54, 1.807) is 0 Å². The van der Waals surface area contributed by atoms with E-state index in [0.717, 1.165) is 24.1 Å². The molecule has 0 bridgehead atoms.